The number of fused-ring (bicyclic) bond motifs is 1. The Kier molecular flexibility index (Phi) is 5.59. The first kappa shape index (κ1) is 23.0. The lowest BCUT2D eigenvalue weighted by molar-refractivity contribution is -0.103. The van der Waals surface area contributed by atoms with E-state index in [9.17, 15) is 26.4 Å². The van der Waals surface area contributed by atoms with Gasteiger partial charge in [-0.2, -0.15) is 4.98 Å². The van der Waals surface area contributed by atoms with Crippen LogP contribution in [0.25, 0.3) is 22.2 Å². The molecule has 176 valence electrons. The predicted octanol–water partition coefficient (Wildman–Crippen LogP) is 3.55. The number of hydrogen-bond donors (Lipinski definition) is 2. The third kappa shape index (κ3) is 4.65. The van der Waals surface area contributed by atoms with Crippen LogP contribution in [0.2, 0.25) is 0 Å². The van der Waals surface area contributed by atoms with Crippen molar-refractivity contribution in [1.82, 2.24) is 14.5 Å². The Morgan fingerprint density at radius 3 is 2.58 bits per heavy atom. The van der Waals surface area contributed by atoms with Crippen molar-refractivity contribution in [2.24, 2.45) is 5.92 Å². The normalized spacial score (nSPS) is 16.2. The summed E-state index contributed by atoms with van der Waals surface area (Å²) in [7, 11) is -4.02. The van der Waals surface area contributed by atoms with Crippen molar-refractivity contribution in [3.05, 3.63) is 46.6 Å². The molecule has 3 aromatic rings. The molecule has 1 fully saturated rings. The van der Waals surface area contributed by atoms with Gasteiger partial charge in [-0.05, 0) is 43.5 Å². The molecule has 33 heavy (non-hydrogen) atoms. The van der Waals surface area contributed by atoms with Gasteiger partial charge in [0.1, 0.15) is 11.5 Å². The molecule has 8 nitrogen and oxygen atoms in total. The van der Waals surface area contributed by atoms with Crippen LogP contribution in [0.15, 0.2) is 35.3 Å². The molecule has 12 heteroatoms. The topological polar surface area (TPSA) is 120 Å². The fraction of sp³-hybridized carbons (Fsp3) is 0.381. The first-order valence-electron chi connectivity index (χ1n) is 10.2. The number of nitrogen functional groups attached to an aromatic ring is 1. The molecule has 0 unspecified atom stereocenters. The minimum Gasteiger partial charge on any atom is -0.368 e. The summed E-state index contributed by atoms with van der Waals surface area (Å²) < 4.78 is 68.8. The first-order valence-corrected chi connectivity index (χ1v) is 11.9. The van der Waals surface area contributed by atoms with Crippen molar-refractivity contribution in [2.45, 2.75) is 38.7 Å². The highest BCUT2D eigenvalue weighted by Crippen LogP contribution is 2.43. The third-order valence-electron chi connectivity index (χ3n) is 5.48. The van der Waals surface area contributed by atoms with E-state index in [1.54, 1.807) is 13.8 Å². The van der Waals surface area contributed by atoms with Crippen LogP contribution < -0.4 is 16.0 Å². The van der Waals surface area contributed by atoms with E-state index in [0.29, 0.717) is 11.0 Å². The number of hydrogen-bond acceptors (Lipinski definition) is 6. The minimum atomic E-state index is -4.02. The van der Waals surface area contributed by atoms with E-state index in [1.165, 1.54) is 29.0 Å². The van der Waals surface area contributed by atoms with Gasteiger partial charge in [0, 0.05) is 36.0 Å². The minimum absolute atomic E-state index is 0.0114. The number of halogens is 3. The lowest BCUT2D eigenvalue weighted by Gasteiger charge is -2.34. The highest BCUT2D eigenvalue weighted by molar-refractivity contribution is 7.92. The number of alkyl halides is 2. The van der Waals surface area contributed by atoms with Gasteiger partial charge in [0.15, 0.2) is 0 Å². The van der Waals surface area contributed by atoms with Crippen molar-refractivity contribution in [3.63, 3.8) is 0 Å². The van der Waals surface area contributed by atoms with Crippen molar-refractivity contribution >= 4 is 32.7 Å². The lowest BCUT2D eigenvalue weighted by atomic mass is 9.83. The SMILES string of the molecule is CC(C)n1c(=O)c(-c2ccc(NS(=O)(=O)CC3CC(F)(F)C3)c(F)c2)cc2cnc(N)nc21. The zero-order valence-electron chi connectivity index (χ0n) is 17.8. The Bertz CT molecular complexity index is 1400. The number of anilines is 2. The summed E-state index contributed by atoms with van der Waals surface area (Å²) in [4.78, 5) is 21.2. The highest BCUT2D eigenvalue weighted by Gasteiger charge is 2.46. The highest BCUT2D eigenvalue weighted by atomic mass is 32.2. The van der Waals surface area contributed by atoms with Crippen LogP contribution in [0.4, 0.5) is 24.8 Å². The van der Waals surface area contributed by atoms with Crippen LogP contribution in [0, 0.1) is 11.7 Å². The summed E-state index contributed by atoms with van der Waals surface area (Å²) in [6.45, 7) is 3.58. The van der Waals surface area contributed by atoms with E-state index in [0.717, 1.165) is 6.07 Å². The molecular formula is C21H22F3N5O3S. The maximum absolute atomic E-state index is 14.8. The summed E-state index contributed by atoms with van der Waals surface area (Å²) in [6, 6.07) is 4.89. The molecule has 4 rings (SSSR count). The number of benzene rings is 1. The number of nitrogens with zero attached hydrogens (tertiary/aromatic N) is 3. The molecule has 3 N–H and O–H groups in total. The van der Waals surface area contributed by atoms with Crippen LogP contribution in [-0.4, -0.2) is 34.6 Å². The molecule has 1 saturated carbocycles. The smallest absolute Gasteiger partial charge is 0.260 e. The zero-order chi connectivity index (χ0) is 24.1. The van der Waals surface area contributed by atoms with Crippen LogP contribution in [0.3, 0.4) is 0 Å². The van der Waals surface area contributed by atoms with Gasteiger partial charge in [0.05, 0.1) is 11.4 Å². The Morgan fingerprint density at radius 1 is 1.27 bits per heavy atom. The van der Waals surface area contributed by atoms with Crippen molar-refractivity contribution in [2.75, 3.05) is 16.2 Å². The van der Waals surface area contributed by atoms with E-state index in [2.05, 4.69) is 14.7 Å². The van der Waals surface area contributed by atoms with Gasteiger partial charge in [-0.25, -0.2) is 26.6 Å². The van der Waals surface area contributed by atoms with Gasteiger partial charge in [-0.3, -0.25) is 14.1 Å². The number of nitrogens with one attached hydrogen (secondary N) is 1. The number of aromatic nitrogens is 3. The molecule has 1 aliphatic carbocycles. The molecule has 0 amide bonds. The summed E-state index contributed by atoms with van der Waals surface area (Å²) in [5.41, 5.74) is 5.65. The molecule has 2 heterocycles. The zero-order valence-corrected chi connectivity index (χ0v) is 18.7. The second-order valence-electron chi connectivity index (χ2n) is 8.54. The monoisotopic (exact) mass is 481 g/mol. The fourth-order valence-electron chi connectivity index (χ4n) is 4.01. The largest absolute Gasteiger partial charge is 0.368 e. The maximum atomic E-state index is 14.8. The Morgan fingerprint density at radius 2 is 1.97 bits per heavy atom. The predicted molar refractivity (Wildman–Crippen MR) is 119 cm³/mol. The van der Waals surface area contributed by atoms with Gasteiger partial charge >= 0.3 is 0 Å². The number of pyridine rings is 1. The molecule has 2 aromatic heterocycles. The van der Waals surface area contributed by atoms with Crippen LogP contribution in [0.1, 0.15) is 32.7 Å². The van der Waals surface area contributed by atoms with E-state index in [-0.39, 0.29) is 28.8 Å². The summed E-state index contributed by atoms with van der Waals surface area (Å²) in [5, 5.41) is 0.523. The number of nitrogens with two attached hydrogens (primary N) is 1. The Balaban J connectivity index is 1.66. The average molecular weight is 482 g/mol. The van der Waals surface area contributed by atoms with Crippen molar-refractivity contribution in [3.8, 4) is 11.1 Å². The second kappa shape index (κ2) is 8.01. The second-order valence-corrected chi connectivity index (χ2v) is 10.3. The molecule has 1 aliphatic rings. The summed E-state index contributed by atoms with van der Waals surface area (Å²) in [6.07, 6.45) is 0.450. The van der Waals surface area contributed by atoms with Crippen molar-refractivity contribution < 1.29 is 21.6 Å². The van der Waals surface area contributed by atoms with Gasteiger partial charge in [0.2, 0.25) is 21.9 Å². The fourth-order valence-corrected chi connectivity index (χ4v) is 5.45. The van der Waals surface area contributed by atoms with E-state index < -0.39 is 51.8 Å². The molecule has 0 atom stereocenters. The summed E-state index contributed by atoms with van der Waals surface area (Å²) >= 11 is 0. The molecular weight excluding hydrogens is 459 g/mol. The van der Waals surface area contributed by atoms with Crippen LogP contribution >= 0.6 is 0 Å². The van der Waals surface area contributed by atoms with E-state index in [1.807, 2.05) is 0 Å². The first-order chi connectivity index (χ1) is 15.3. The van der Waals surface area contributed by atoms with Gasteiger partial charge < -0.3 is 5.73 Å². The Labute approximate surface area is 187 Å². The average Bonchev–Trinajstić information content (AvgIpc) is 2.67. The quantitative estimate of drug-likeness (QED) is 0.556. The number of sulfonamides is 1. The maximum Gasteiger partial charge on any atom is 0.260 e. The molecule has 0 saturated heterocycles. The molecule has 0 spiro atoms. The van der Waals surface area contributed by atoms with Crippen LogP contribution in [-0.2, 0) is 10.0 Å². The molecule has 0 radical (unpaired) electrons. The Hall–Kier alpha value is -3.15. The molecule has 1 aromatic carbocycles. The van der Waals surface area contributed by atoms with Gasteiger partial charge in [-0.15, -0.1) is 0 Å². The van der Waals surface area contributed by atoms with E-state index >= 15 is 0 Å². The summed E-state index contributed by atoms with van der Waals surface area (Å²) in [5.74, 6) is -4.93. The van der Waals surface area contributed by atoms with Crippen LogP contribution in [0.5, 0.6) is 0 Å². The van der Waals surface area contributed by atoms with E-state index in [4.69, 9.17) is 5.73 Å². The standard InChI is InChI=1S/C21H22F3N5O3S/c1-11(2)29-18-14(9-26-20(25)27-18)5-15(19(29)30)13-3-4-17(16(22)6-13)28-33(31,32)10-12-7-21(23,24)8-12/h3-6,9,11-12,28H,7-8,10H2,1-2H3,(H2,25,26,27). The number of rotatable bonds is 6. The van der Waals surface area contributed by atoms with Gasteiger partial charge in [-0.1, -0.05) is 6.07 Å². The van der Waals surface area contributed by atoms with Gasteiger partial charge in [0.25, 0.3) is 5.56 Å². The van der Waals surface area contributed by atoms with Crippen molar-refractivity contribution in [1.29, 1.82) is 0 Å². The molecule has 0 aliphatic heterocycles. The molecule has 0 bridgehead atoms. The lowest BCUT2D eigenvalue weighted by Crippen LogP contribution is -2.40. The third-order valence-corrected chi connectivity index (χ3v) is 6.92.